The largest absolute Gasteiger partial charge is 0.458 e. The number of hydrogen-bond acceptors (Lipinski definition) is 2. The maximum atomic E-state index is 6.26. The van der Waals surface area contributed by atoms with Crippen LogP contribution in [0.1, 0.15) is 5.56 Å². The van der Waals surface area contributed by atoms with E-state index in [0.717, 1.165) is 21.9 Å². The van der Waals surface area contributed by atoms with Crippen LogP contribution in [0.5, 0.6) is 5.75 Å². The molecule has 1 atom stereocenters. The molecule has 0 saturated carbocycles. The Morgan fingerprint density at radius 2 is 1.73 bits per heavy atom. The summed E-state index contributed by atoms with van der Waals surface area (Å²) in [5, 5.41) is 4.54. The predicted molar refractivity (Wildman–Crippen MR) is 88.0 cm³/mol. The zero-order valence-electron chi connectivity index (χ0n) is 11.9. The smallest absolute Gasteiger partial charge is 0.240 e. The van der Waals surface area contributed by atoms with Gasteiger partial charge in [0.15, 0.2) is 0 Å². The second-order valence-electron chi connectivity index (χ2n) is 5.70. The van der Waals surface area contributed by atoms with E-state index in [1.165, 1.54) is 10.8 Å². The minimum absolute atomic E-state index is 0.695. The molecule has 2 nitrogen and oxygen atoms in total. The molecular weight excluding hydrogens is 270 g/mol. The molecule has 2 aliphatic heterocycles. The van der Waals surface area contributed by atoms with Crippen molar-refractivity contribution in [3.05, 3.63) is 82.9 Å². The Labute approximate surface area is 127 Å². The second kappa shape index (κ2) is 4.08. The van der Waals surface area contributed by atoms with E-state index in [2.05, 4.69) is 48.6 Å². The molecule has 3 aromatic rings. The van der Waals surface area contributed by atoms with E-state index in [1.807, 2.05) is 30.3 Å². The maximum absolute atomic E-state index is 6.26. The summed E-state index contributed by atoms with van der Waals surface area (Å²) in [6, 6.07) is 20.6. The first-order valence-corrected chi connectivity index (χ1v) is 7.41. The summed E-state index contributed by atoms with van der Waals surface area (Å²) in [5.74, 6) is 0.883. The number of rotatable bonds is 0. The van der Waals surface area contributed by atoms with Crippen LogP contribution in [0.25, 0.3) is 22.9 Å². The van der Waals surface area contributed by atoms with Crippen LogP contribution in [-0.4, -0.2) is 5.72 Å². The van der Waals surface area contributed by atoms with Crippen LogP contribution < -0.4 is 15.3 Å². The molecule has 0 aromatic heterocycles. The lowest BCUT2D eigenvalue weighted by Crippen LogP contribution is -2.29. The fourth-order valence-electron chi connectivity index (χ4n) is 3.24. The highest BCUT2D eigenvalue weighted by Gasteiger charge is 2.32. The van der Waals surface area contributed by atoms with E-state index in [-0.39, 0.29) is 0 Å². The summed E-state index contributed by atoms with van der Waals surface area (Å²) in [5.41, 5.74) is 0.433. The lowest BCUT2D eigenvalue weighted by Gasteiger charge is -2.27. The van der Waals surface area contributed by atoms with Crippen molar-refractivity contribution < 1.29 is 4.74 Å². The first kappa shape index (κ1) is 11.8. The van der Waals surface area contributed by atoms with Crippen LogP contribution in [0.3, 0.4) is 0 Å². The molecule has 0 amide bonds. The number of ether oxygens (including phenoxy) is 1. The molecule has 104 valence electrons. The summed E-state index contributed by atoms with van der Waals surface area (Å²) in [7, 11) is 0. The van der Waals surface area contributed by atoms with Gasteiger partial charge >= 0.3 is 0 Å². The normalized spacial score (nSPS) is 20.9. The maximum Gasteiger partial charge on any atom is 0.240 e. The lowest BCUT2D eigenvalue weighted by molar-refractivity contribution is 0.194. The van der Waals surface area contributed by atoms with Gasteiger partial charge in [0.05, 0.1) is 5.36 Å². The van der Waals surface area contributed by atoms with Gasteiger partial charge in [0, 0.05) is 10.8 Å². The van der Waals surface area contributed by atoms with Gasteiger partial charge in [-0.3, -0.25) is 0 Å². The molecule has 1 spiro atoms. The third-order valence-electron chi connectivity index (χ3n) is 4.29. The van der Waals surface area contributed by atoms with Gasteiger partial charge in [-0.15, -0.1) is 0 Å². The van der Waals surface area contributed by atoms with Crippen molar-refractivity contribution in [1.82, 2.24) is 0 Å². The van der Waals surface area contributed by atoms with Gasteiger partial charge in [0.2, 0.25) is 5.72 Å². The standard InChI is InChI=1S/C20H13NO/c1-3-7-16-14(5-1)9-10-19-17(16)11-12-20(22-19)13-15-6-2-4-8-18(15)21-20/h1-13H. The zero-order chi connectivity index (χ0) is 14.6. The Kier molecular flexibility index (Phi) is 2.18. The first-order chi connectivity index (χ1) is 10.8. The third kappa shape index (κ3) is 1.58. The van der Waals surface area contributed by atoms with Crippen LogP contribution in [0.4, 0.5) is 0 Å². The zero-order valence-corrected chi connectivity index (χ0v) is 11.9. The molecule has 0 N–H and O–H groups in total. The fraction of sp³-hybridized carbons (Fsp3) is 0.0500. The minimum Gasteiger partial charge on any atom is -0.458 e. The number of para-hydroxylation sites is 1. The molecule has 0 radical (unpaired) electrons. The Morgan fingerprint density at radius 3 is 2.68 bits per heavy atom. The van der Waals surface area contributed by atoms with Gasteiger partial charge in [0.1, 0.15) is 5.75 Å². The average Bonchev–Trinajstić information content (AvgIpc) is 2.91. The first-order valence-electron chi connectivity index (χ1n) is 7.41. The number of fused-ring (bicyclic) bond motifs is 4. The van der Waals surface area contributed by atoms with E-state index >= 15 is 0 Å². The molecule has 2 heteroatoms. The van der Waals surface area contributed by atoms with Crippen LogP contribution in [0, 0.1) is 0 Å². The quantitative estimate of drug-likeness (QED) is 0.621. The van der Waals surface area contributed by atoms with E-state index in [1.54, 1.807) is 0 Å². The van der Waals surface area contributed by atoms with Crippen LogP contribution in [0.2, 0.25) is 0 Å². The highest BCUT2D eigenvalue weighted by Crippen LogP contribution is 2.37. The van der Waals surface area contributed by atoms with Crippen LogP contribution >= 0.6 is 0 Å². The predicted octanol–water partition coefficient (Wildman–Crippen LogP) is 3.06. The van der Waals surface area contributed by atoms with Gasteiger partial charge < -0.3 is 4.74 Å². The highest BCUT2D eigenvalue weighted by atomic mass is 16.5. The van der Waals surface area contributed by atoms with E-state index in [0.29, 0.717) is 0 Å². The Morgan fingerprint density at radius 1 is 0.864 bits per heavy atom. The van der Waals surface area contributed by atoms with Gasteiger partial charge in [-0.1, -0.05) is 48.5 Å². The average molecular weight is 283 g/mol. The van der Waals surface area contributed by atoms with Crippen molar-refractivity contribution in [2.45, 2.75) is 5.72 Å². The van der Waals surface area contributed by atoms with Crippen molar-refractivity contribution >= 4 is 22.9 Å². The van der Waals surface area contributed by atoms with Crippen molar-refractivity contribution in [2.75, 3.05) is 0 Å². The minimum atomic E-state index is -0.695. The molecule has 5 rings (SSSR count). The molecule has 3 aromatic carbocycles. The van der Waals surface area contributed by atoms with E-state index in [9.17, 15) is 0 Å². The monoisotopic (exact) mass is 283 g/mol. The Balaban J connectivity index is 1.71. The molecular formula is C20H13NO. The summed E-state index contributed by atoms with van der Waals surface area (Å²) in [6.07, 6.45) is 6.26. The van der Waals surface area contributed by atoms with E-state index in [4.69, 9.17) is 9.73 Å². The number of nitrogens with zero attached hydrogens (tertiary/aromatic N) is 1. The van der Waals surface area contributed by atoms with Gasteiger partial charge in [-0.05, 0) is 41.1 Å². The molecule has 0 bridgehead atoms. The van der Waals surface area contributed by atoms with E-state index < -0.39 is 5.72 Å². The van der Waals surface area contributed by atoms with Gasteiger partial charge in [-0.2, -0.15) is 0 Å². The van der Waals surface area contributed by atoms with Gasteiger partial charge in [0.25, 0.3) is 0 Å². The highest BCUT2D eigenvalue weighted by molar-refractivity contribution is 5.94. The summed E-state index contributed by atoms with van der Waals surface area (Å²) in [4.78, 5) is 4.76. The van der Waals surface area contributed by atoms with Crippen molar-refractivity contribution in [3.63, 3.8) is 0 Å². The molecule has 2 heterocycles. The van der Waals surface area contributed by atoms with Gasteiger partial charge in [-0.25, -0.2) is 4.99 Å². The topological polar surface area (TPSA) is 21.6 Å². The fourth-order valence-corrected chi connectivity index (χ4v) is 3.24. The number of hydrogen-bond donors (Lipinski definition) is 0. The summed E-state index contributed by atoms with van der Waals surface area (Å²) >= 11 is 0. The third-order valence-corrected chi connectivity index (χ3v) is 4.29. The molecule has 0 aliphatic carbocycles. The van der Waals surface area contributed by atoms with Crippen molar-refractivity contribution in [1.29, 1.82) is 0 Å². The summed E-state index contributed by atoms with van der Waals surface area (Å²) in [6.45, 7) is 0. The Bertz CT molecular complexity index is 1030. The van der Waals surface area contributed by atoms with Crippen molar-refractivity contribution in [2.24, 2.45) is 4.99 Å². The van der Waals surface area contributed by atoms with Crippen molar-refractivity contribution in [3.8, 4) is 5.75 Å². The lowest BCUT2D eigenvalue weighted by atomic mass is 9.99. The molecule has 2 aliphatic rings. The second-order valence-corrected chi connectivity index (χ2v) is 5.70. The molecule has 22 heavy (non-hydrogen) atoms. The van der Waals surface area contributed by atoms with Crippen LogP contribution in [0.15, 0.2) is 71.7 Å². The SMILES string of the molecule is C1=CC2(C=c3ccccc3=N2)Oc2ccc3ccccc3c21. The Hall–Kier alpha value is -2.87. The molecule has 0 fully saturated rings. The summed E-state index contributed by atoms with van der Waals surface area (Å²) < 4.78 is 6.26. The number of benzene rings is 3. The molecule has 0 saturated heterocycles. The molecule has 1 unspecified atom stereocenters. The van der Waals surface area contributed by atoms with Crippen LogP contribution in [-0.2, 0) is 0 Å².